The van der Waals surface area contributed by atoms with E-state index < -0.39 is 0 Å². The topological polar surface area (TPSA) is 58.0 Å². The number of anilines is 1. The van der Waals surface area contributed by atoms with Crippen LogP contribution in [0, 0.1) is 6.92 Å². The molecule has 0 aliphatic heterocycles. The molecule has 2 rings (SSSR count). The van der Waals surface area contributed by atoms with Gasteiger partial charge in [0.1, 0.15) is 0 Å². The van der Waals surface area contributed by atoms with E-state index in [0.29, 0.717) is 6.42 Å². The quantitative estimate of drug-likeness (QED) is 0.869. The Hall–Kier alpha value is -1.68. The average molecular weight is 245 g/mol. The van der Waals surface area contributed by atoms with Crippen LogP contribution in [0.5, 0.6) is 0 Å². The summed E-state index contributed by atoms with van der Waals surface area (Å²) in [5, 5.41) is 23.2. The fourth-order valence-corrected chi connectivity index (χ4v) is 2.15. The van der Waals surface area contributed by atoms with Gasteiger partial charge in [-0.1, -0.05) is 24.3 Å². The van der Waals surface area contributed by atoms with Crippen LogP contribution in [-0.4, -0.2) is 27.4 Å². The first-order chi connectivity index (χ1) is 8.58. The van der Waals surface area contributed by atoms with Crippen molar-refractivity contribution in [3.05, 3.63) is 30.0 Å². The number of aryl methyl sites for hydroxylation is 1. The molecular weight excluding hydrogens is 226 g/mol. The van der Waals surface area contributed by atoms with E-state index in [2.05, 4.69) is 15.5 Å². The Morgan fingerprint density at radius 2 is 1.83 bits per heavy atom. The zero-order valence-corrected chi connectivity index (χ0v) is 11.0. The summed E-state index contributed by atoms with van der Waals surface area (Å²) in [6.07, 6.45) is 0.362. The Morgan fingerprint density at radius 1 is 1.17 bits per heavy atom. The minimum atomic E-state index is -0.322. The molecule has 2 unspecified atom stereocenters. The number of aliphatic hydroxyl groups excluding tert-OH is 1. The molecule has 2 aromatic rings. The van der Waals surface area contributed by atoms with Crippen molar-refractivity contribution in [2.45, 2.75) is 39.3 Å². The van der Waals surface area contributed by atoms with Crippen molar-refractivity contribution >= 4 is 16.6 Å². The summed E-state index contributed by atoms with van der Waals surface area (Å²) in [5.41, 5.74) is 0.930. The SMILES string of the molecule is Cc1nnc(NC(C)CC(C)O)c2ccccc12. The molecular formula is C14H19N3O. The Kier molecular flexibility index (Phi) is 3.77. The van der Waals surface area contributed by atoms with Gasteiger partial charge in [0.15, 0.2) is 5.82 Å². The molecule has 1 heterocycles. The molecule has 2 N–H and O–H groups in total. The maximum Gasteiger partial charge on any atom is 0.156 e. The fourth-order valence-electron chi connectivity index (χ4n) is 2.15. The van der Waals surface area contributed by atoms with E-state index in [1.165, 1.54) is 0 Å². The lowest BCUT2D eigenvalue weighted by Gasteiger charge is -2.17. The van der Waals surface area contributed by atoms with E-state index in [1.807, 2.05) is 38.1 Å². The first kappa shape index (κ1) is 12.8. The van der Waals surface area contributed by atoms with Crippen LogP contribution in [0.25, 0.3) is 10.8 Å². The molecule has 4 heteroatoms. The van der Waals surface area contributed by atoms with Crippen LogP contribution < -0.4 is 5.32 Å². The minimum Gasteiger partial charge on any atom is -0.393 e. The number of fused-ring (bicyclic) bond motifs is 1. The van der Waals surface area contributed by atoms with Crippen molar-refractivity contribution in [1.29, 1.82) is 0 Å². The number of nitrogens with one attached hydrogen (secondary N) is 1. The standard InChI is InChI=1S/C14H19N3O/c1-9(8-10(2)18)15-14-13-7-5-4-6-12(13)11(3)16-17-14/h4-7,9-10,18H,8H2,1-3H3,(H,15,17). The minimum absolute atomic E-state index is 0.158. The summed E-state index contributed by atoms with van der Waals surface area (Å²) in [4.78, 5) is 0. The molecule has 0 amide bonds. The van der Waals surface area contributed by atoms with Crippen molar-refractivity contribution in [3.8, 4) is 0 Å². The molecule has 0 fully saturated rings. The molecule has 1 aromatic carbocycles. The van der Waals surface area contributed by atoms with Gasteiger partial charge < -0.3 is 10.4 Å². The highest BCUT2D eigenvalue weighted by atomic mass is 16.3. The molecule has 0 saturated heterocycles. The number of hydrogen-bond acceptors (Lipinski definition) is 4. The Balaban J connectivity index is 2.31. The van der Waals surface area contributed by atoms with Crippen LogP contribution in [0.2, 0.25) is 0 Å². The van der Waals surface area contributed by atoms with Crippen LogP contribution in [0.3, 0.4) is 0 Å². The maximum atomic E-state index is 9.38. The Bertz CT molecular complexity index is 540. The lowest BCUT2D eigenvalue weighted by Crippen LogP contribution is -2.21. The third-order valence-corrected chi connectivity index (χ3v) is 2.95. The van der Waals surface area contributed by atoms with E-state index >= 15 is 0 Å². The lowest BCUT2D eigenvalue weighted by molar-refractivity contribution is 0.179. The summed E-state index contributed by atoms with van der Waals surface area (Å²) in [6.45, 7) is 5.78. The van der Waals surface area contributed by atoms with E-state index in [0.717, 1.165) is 22.3 Å². The largest absolute Gasteiger partial charge is 0.393 e. The van der Waals surface area contributed by atoms with Gasteiger partial charge in [-0.15, -0.1) is 5.10 Å². The first-order valence-electron chi connectivity index (χ1n) is 6.24. The molecule has 96 valence electrons. The number of hydrogen-bond donors (Lipinski definition) is 2. The fraction of sp³-hybridized carbons (Fsp3) is 0.429. The predicted molar refractivity (Wildman–Crippen MR) is 73.7 cm³/mol. The number of rotatable bonds is 4. The van der Waals surface area contributed by atoms with Crippen LogP contribution in [0.1, 0.15) is 26.0 Å². The average Bonchev–Trinajstić information content (AvgIpc) is 2.32. The monoisotopic (exact) mass is 245 g/mol. The Labute approximate surface area is 107 Å². The van der Waals surface area contributed by atoms with Crippen LogP contribution in [-0.2, 0) is 0 Å². The molecule has 1 aromatic heterocycles. The second kappa shape index (κ2) is 5.31. The molecule has 0 aliphatic carbocycles. The summed E-state index contributed by atoms with van der Waals surface area (Å²) in [7, 11) is 0. The van der Waals surface area contributed by atoms with Gasteiger partial charge >= 0.3 is 0 Å². The zero-order chi connectivity index (χ0) is 13.1. The third kappa shape index (κ3) is 2.76. The van der Waals surface area contributed by atoms with Crippen molar-refractivity contribution in [1.82, 2.24) is 10.2 Å². The number of aromatic nitrogens is 2. The van der Waals surface area contributed by atoms with Crippen LogP contribution >= 0.6 is 0 Å². The molecule has 4 nitrogen and oxygen atoms in total. The lowest BCUT2D eigenvalue weighted by atomic mass is 10.1. The van der Waals surface area contributed by atoms with E-state index in [4.69, 9.17) is 0 Å². The van der Waals surface area contributed by atoms with Gasteiger partial charge in [-0.3, -0.25) is 0 Å². The molecule has 0 aliphatic rings. The molecule has 0 spiro atoms. The third-order valence-electron chi connectivity index (χ3n) is 2.95. The van der Waals surface area contributed by atoms with Gasteiger partial charge in [-0.2, -0.15) is 5.10 Å². The highest BCUT2D eigenvalue weighted by molar-refractivity contribution is 5.92. The summed E-state index contributed by atoms with van der Waals surface area (Å²) < 4.78 is 0. The predicted octanol–water partition coefficient (Wildman–Crippen LogP) is 2.51. The zero-order valence-electron chi connectivity index (χ0n) is 11.0. The highest BCUT2D eigenvalue weighted by Crippen LogP contribution is 2.23. The van der Waals surface area contributed by atoms with Gasteiger partial charge in [0.25, 0.3) is 0 Å². The normalized spacial score (nSPS) is 14.4. The van der Waals surface area contributed by atoms with E-state index in [9.17, 15) is 5.11 Å². The van der Waals surface area contributed by atoms with Gasteiger partial charge in [-0.25, -0.2) is 0 Å². The van der Waals surface area contributed by atoms with Crippen LogP contribution in [0.15, 0.2) is 24.3 Å². The van der Waals surface area contributed by atoms with Gasteiger partial charge in [0.05, 0.1) is 11.8 Å². The first-order valence-corrected chi connectivity index (χ1v) is 6.24. The highest BCUT2D eigenvalue weighted by Gasteiger charge is 2.10. The second-order valence-corrected chi connectivity index (χ2v) is 4.81. The molecule has 0 saturated carbocycles. The van der Waals surface area contributed by atoms with Crippen molar-refractivity contribution in [2.75, 3.05) is 5.32 Å². The van der Waals surface area contributed by atoms with E-state index in [1.54, 1.807) is 6.92 Å². The van der Waals surface area contributed by atoms with Crippen molar-refractivity contribution in [2.24, 2.45) is 0 Å². The summed E-state index contributed by atoms with van der Waals surface area (Å²) in [6, 6.07) is 8.23. The number of benzene rings is 1. The van der Waals surface area contributed by atoms with Crippen molar-refractivity contribution < 1.29 is 5.11 Å². The molecule has 18 heavy (non-hydrogen) atoms. The number of nitrogens with zero attached hydrogens (tertiary/aromatic N) is 2. The molecule has 0 radical (unpaired) electrons. The summed E-state index contributed by atoms with van der Waals surface area (Å²) in [5.74, 6) is 0.782. The van der Waals surface area contributed by atoms with Gasteiger partial charge in [-0.05, 0) is 27.2 Å². The van der Waals surface area contributed by atoms with Crippen molar-refractivity contribution in [3.63, 3.8) is 0 Å². The van der Waals surface area contributed by atoms with E-state index in [-0.39, 0.29) is 12.1 Å². The Morgan fingerprint density at radius 3 is 2.50 bits per heavy atom. The smallest absolute Gasteiger partial charge is 0.156 e. The number of aliphatic hydroxyl groups is 1. The molecule has 0 bridgehead atoms. The second-order valence-electron chi connectivity index (χ2n) is 4.81. The maximum absolute atomic E-state index is 9.38. The van der Waals surface area contributed by atoms with Gasteiger partial charge in [0, 0.05) is 16.8 Å². The van der Waals surface area contributed by atoms with Gasteiger partial charge in [0.2, 0.25) is 0 Å². The summed E-state index contributed by atoms with van der Waals surface area (Å²) >= 11 is 0. The van der Waals surface area contributed by atoms with Crippen LogP contribution in [0.4, 0.5) is 5.82 Å². The molecule has 2 atom stereocenters.